The molecule has 3 heterocycles. The highest BCUT2D eigenvalue weighted by Gasteiger charge is 2.44. The molecule has 0 spiro atoms. The van der Waals surface area contributed by atoms with Crippen molar-refractivity contribution in [1.29, 1.82) is 0 Å². The fourth-order valence-corrected chi connectivity index (χ4v) is 3.35. The van der Waals surface area contributed by atoms with Gasteiger partial charge in [0.2, 0.25) is 0 Å². The lowest BCUT2D eigenvalue weighted by Gasteiger charge is -2.27. The number of likely N-dealkylation sites (tertiary alicyclic amines) is 1. The molecule has 1 amide bonds. The van der Waals surface area contributed by atoms with Crippen molar-refractivity contribution in [1.82, 2.24) is 15.2 Å². The van der Waals surface area contributed by atoms with E-state index in [1.54, 1.807) is 6.20 Å². The van der Waals surface area contributed by atoms with E-state index >= 15 is 0 Å². The molecule has 0 radical (unpaired) electrons. The lowest BCUT2D eigenvalue weighted by atomic mass is 10.0. The molecule has 18 heavy (non-hydrogen) atoms. The highest BCUT2D eigenvalue weighted by atomic mass is 16.2. The SMILES string of the molecule is Cc1cccnc1C(=O)N1C(C)CC2CNCC21. The number of nitrogens with one attached hydrogen (secondary N) is 1. The monoisotopic (exact) mass is 245 g/mol. The van der Waals surface area contributed by atoms with Crippen molar-refractivity contribution in [2.24, 2.45) is 5.92 Å². The number of carbonyl (C=O) groups excluding carboxylic acids is 1. The number of pyridine rings is 1. The first-order chi connectivity index (χ1) is 8.68. The van der Waals surface area contributed by atoms with Gasteiger partial charge in [0.05, 0.1) is 0 Å². The van der Waals surface area contributed by atoms with Crippen LogP contribution in [0.2, 0.25) is 0 Å². The van der Waals surface area contributed by atoms with Crippen molar-refractivity contribution >= 4 is 5.91 Å². The minimum absolute atomic E-state index is 0.0943. The number of aromatic nitrogens is 1. The third-order valence-electron chi connectivity index (χ3n) is 4.23. The Hall–Kier alpha value is -1.42. The van der Waals surface area contributed by atoms with Gasteiger partial charge in [-0.05, 0) is 37.8 Å². The van der Waals surface area contributed by atoms with Crippen LogP contribution >= 0.6 is 0 Å². The van der Waals surface area contributed by atoms with Crippen LogP contribution in [0.1, 0.15) is 29.4 Å². The molecule has 0 aliphatic carbocycles. The van der Waals surface area contributed by atoms with E-state index in [1.807, 2.05) is 24.0 Å². The molecule has 3 unspecified atom stereocenters. The molecule has 3 rings (SSSR count). The third-order valence-corrected chi connectivity index (χ3v) is 4.23. The van der Waals surface area contributed by atoms with Crippen molar-refractivity contribution < 1.29 is 4.79 Å². The van der Waals surface area contributed by atoms with Gasteiger partial charge in [0, 0.05) is 31.4 Å². The van der Waals surface area contributed by atoms with E-state index in [2.05, 4.69) is 17.2 Å². The largest absolute Gasteiger partial charge is 0.330 e. The summed E-state index contributed by atoms with van der Waals surface area (Å²) < 4.78 is 0. The third kappa shape index (κ3) is 1.72. The van der Waals surface area contributed by atoms with E-state index in [9.17, 15) is 4.79 Å². The molecule has 0 saturated carbocycles. The summed E-state index contributed by atoms with van der Waals surface area (Å²) in [4.78, 5) is 19.0. The standard InChI is InChI=1S/C14H19N3O/c1-9-4-3-5-16-13(9)14(18)17-10(2)6-11-7-15-8-12(11)17/h3-5,10-12,15H,6-8H2,1-2H3. The minimum atomic E-state index is 0.0943. The molecular formula is C14H19N3O. The quantitative estimate of drug-likeness (QED) is 0.809. The second-order valence-electron chi connectivity index (χ2n) is 5.45. The molecule has 0 bridgehead atoms. The van der Waals surface area contributed by atoms with Crippen LogP contribution in [-0.4, -0.2) is 41.0 Å². The molecule has 4 nitrogen and oxygen atoms in total. The first kappa shape index (κ1) is 11.7. The first-order valence-electron chi connectivity index (χ1n) is 6.63. The number of rotatable bonds is 1. The summed E-state index contributed by atoms with van der Waals surface area (Å²) in [5.41, 5.74) is 1.57. The topological polar surface area (TPSA) is 45.2 Å². The van der Waals surface area contributed by atoms with Crippen molar-refractivity contribution in [2.45, 2.75) is 32.4 Å². The van der Waals surface area contributed by atoms with Crippen LogP contribution in [0.15, 0.2) is 18.3 Å². The maximum Gasteiger partial charge on any atom is 0.273 e. The zero-order chi connectivity index (χ0) is 12.7. The highest BCUT2D eigenvalue weighted by molar-refractivity contribution is 5.94. The van der Waals surface area contributed by atoms with E-state index in [0.29, 0.717) is 23.7 Å². The average molecular weight is 245 g/mol. The van der Waals surface area contributed by atoms with Crippen LogP contribution in [0.25, 0.3) is 0 Å². The summed E-state index contributed by atoms with van der Waals surface area (Å²) in [6.07, 6.45) is 2.81. The molecule has 0 aromatic carbocycles. The molecule has 2 fully saturated rings. The van der Waals surface area contributed by atoms with Gasteiger partial charge in [-0.25, -0.2) is 0 Å². The highest BCUT2D eigenvalue weighted by Crippen LogP contribution is 2.33. The zero-order valence-electron chi connectivity index (χ0n) is 10.9. The second-order valence-corrected chi connectivity index (χ2v) is 5.45. The number of amides is 1. The number of aryl methyl sites for hydroxylation is 1. The number of nitrogens with zero attached hydrogens (tertiary/aromatic N) is 2. The van der Waals surface area contributed by atoms with E-state index in [1.165, 1.54) is 0 Å². The maximum absolute atomic E-state index is 12.7. The van der Waals surface area contributed by atoms with E-state index < -0.39 is 0 Å². The summed E-state index contributed by atoms with van der Waals surface area (Å²) in [5.74, 6) is 0.713. The van der Waals surface area contributed by atoms with Crippen molar-refractivity contribution in [3.8, 4) is 0 Å². The molecule has 1 aromatic heterocycles. The Bertz CT molecular complexity index is 474. The lowest BCUT2D eigenvalue weighted by molar-refractivity contribution is 0.0675. The number of hydrogen-bond acceptors (Lipinski definition) is 3. The molecular weight excluding hydrogens is 226 g/mol. The fraction of sp³-hybridized carbons (Fsp3) is 0.571. The summed E-state index contributed by atoms with van der Waals surface area (Å²) in [6, 6.07) is 4.51. The lowest BCUT2D eigenvalue weighted by Crippen LogP contribution is -2.43. The number of carbonyl (C=O) groups is 1. The maximum atomic E-state index is 12.7. The van der Waals surface area contributed by atoms with Crippen LogP contribution < -0.4 is 5.32 Å². The van der Waals surface area contributed by atoms with E-state index in [4.69, 9.17) is 0 Å². The summed E-state index contributed by atoms with van der Waals surface area (Å²) >= 11 is 0. The number of fused-ring (bicyclic) bond motifs is 1. The smallest absolute Gasteiger partial charge is 0.273 e. The molecule has 2 saturated heterocycles. The van der Waals surface area contributed by atoms with Gasteiger partial charge in [0.25, 0.3) is 5.91 Å². The molecule has 3 atom stereocenters. The summed E-state index contributed by atoms with van der Waals surface area (Å²) in [6.45, 7) is 6.06. The Balaban J connectivity index is 1.90. The van der Waals surface area contributed by atoms with Gasteiger partial charge in [0.15, 0.2) is 0 Å². The number of hydrogen-bond donors (Lipinski definition) is 1. The van der Waals surface area contributed by atoms with Gasteiger partial charge in [-0.3, -0.25) is 9.78 Å². The van der Waals surface area contributed by atoms with E-state index in [0.717, 1.165) is 25.1 Å². The zero-order valence-corrected chi connectivity index (χ0v) is 10.9. The fourth-order valence-electron chi connectivity index (χ4n) is 3.35. The Labute approximate surface area is 107 Å². The van der Waals surface area contributed by atoms with Gasteiger partial charge in [-0.15, -0.1) is 0 Å². The van der Waals surface area contributed by atoms with E-state index in [-0.39, 0.29) is 5.91 Å². The molecule has 1 aromatic rings. The second kappa shape index (κ2) is 4.35. The minimum Gasteiger partial charge on any atom is -0.330 e. The van der Waals surface area contributed by atoms with Crippen LogP contribution in [0, 0.1) is 12.8 Å². The Morgan fingerprint density at radius 2 is 2.33 bits per heavy atom. The van der Waals surface area contributed by atoms with Crippen LogP contribution in [0.5, 0.6) is 0 Å². The van der Waals surface area contributed by atoms with Gasteiger partial charge in [0.1, 0.15) is 5.69 Å². The molecule has 2 aliphatic rings. The summed E-state index contributed by atoms with van der Waals surface area (Å²) in [7, 11) is 0. The van der Waals surface area contributed by atoms with Gasteiger partial charge in [-0.2, -0.15) is 0 Å². The normalized spacial score (nSPS) is 30.6. The average Bonchev–Trinajstić information content (AvgIpc) is 2.88. The van der Waals surface area contributed by atoms with Crippen LogP contribution in [-0.2, 0) is 0 Å². The van der Waals surface area contributed by atoms with Gasteiger partial charge in [-0.1, -0.05) is 6.07 Å². The molecule has 96 valence electrons. The van der Waals surface area contributed by atoms with Crippen molar-refractivity contribution in [3.63, 3.8) is 0 Å². The summed E-state index contributed by atoms with van der Waals surface area (Å²) in [5, 5.41) is 3.38. The van der Waals surface area contributed by atoms with Crippen molar-refractivity contribution in [2.75, 3.05) is 13.1 Å². The molecule has 1 N–H and O–H groups in total. The Kier molecular flexibility index (Phi) is 2.82. The van der Waals surface area contributed by atoms with Crippen molar-refractivity contribution in [3.05, 3.63) is 29.6 Å². The molecule has 4 heteroatoms. The van der Waals surface area contributed by atoms with Gasteiger partial charge >= 0.3 is 0 Å². The predicted octanol–water partition coefficient (Wildman–Crippen LogP) is 1.21. The van der Waals surface area contributed by atoms with Crippen LogP contribution in [0.3, 0.4) is 0 Å². The Morgan fingerprint density at radius 1 is 1.50 bits per heavy atom. The Morgan fingerprint density at radius 3 is 3.11 bits per heavy atom. The molecule has 2 aliphatic heterocycles. The predicted molar refractivity (Wildman–Crippen MR) is 69.4 cm³/mol. The van der Waals surface area contributed by atoms with Gasteiger partial charge < -0.3 is 10.2 Å². The first-order valence-corrected chi connectivity index (χ1v) is 6.63. The van der Waals surface area contributed by atoms with Crippen LogP contribution in [0.4, 0.5) is 0 Å².